The van der Waals surface area contributed by atoms with Crippen LogP contribution in [0.2, 0.25) is 5.02 Å². The zero-order valence-corrected chi connectivity index (χ0v) is 22.1. The van der Waals surface area contributed by atoms with E-state index < -0.39 is 47.8 Å². The van der Waals surface area contributed by atoms with Crippen LogP contribution in [-0.4, -0.2) is 58.2 Å². The average molecular weight is 594 g/mol. The van der Waals surface area contributed by atoms with Gasteiger partial charge in [-0.05, 0) is 57.7 Å². The normalized spacial score (nSPS) is 21.2. The van der Waals surface area contributed by atoms with Gasteiger partial charge in [0.1, 0.15) is 17.9 Å². The molecule has 2 amide bonds. The molecule has 218 valence electrons. The van der Waals surface area contributed by atoms with Gasteiger partial charge in [-0.25, -0.2) is 9.97 Å². The number of carbonyl (C=O) groups excluding carboxylic acids is 2. The molecule has 4 rings (SSSR count). The Labute approximate surface area is 230 Å². The van der Waals surface area contributed by atoms with Crippen LogP contribution in [-0.2, 0) is 11.0 Å². The van der Waals surface area contributed by atoms with Gasteiger partial charge in [-0.3, -0.25) is 9.59 Å². The second kappa shape index (κ2) is 10.9. The Morgan fingerprint density at radius 3 is 2.25 bits per heavy atom. The molecule has 2 aromatic rings. The molecule has 0 aromatic carbocycles. The first-order chi connectivity index (χ1) is 18.5. The Morgan fingerprint density at radius 1 is 1.05 bits per heavy atom. The molecule has 3 atom stereocenters. The number of nitrogens with zero attached hydrogens (tertiary/aromatic N) is 3. The summed E-state index contributed by atoms with van der Waals surface area (Å²) in [5, 5.41) is 4.46. The lowest BCUT2D eigenvalue weighted by Crippen LogP contribution is -2.55. The van der Waals surface area contributed by atoms with E-state index in [9.17, 15) is 35.9 Å². The summed E-state index contributed by atoms with van der Waals surface area (Å²) in [4.78, 5) is 35.0. The van der Waals surface area contributed by atoms with Gasteiger partial charge in [0, 0.05) is 30.5 Å². The number of anilines is 1. The van der Waals surface area contributed by atoms with Gasteiger partial charge >= 0.3 is 12.4 Å². The fraction of sp³-hybridized carbons (Fsp3) is 0.520. The number of carbonyl (C=O) groups is 2. The van der Waals surface area contributed by atoms with Crippen molar-refractivity contribution in [3.8, 4) is 5.88 Å². The second-order valence-corrected chi connectivity index (χ2v) is 10.7. The van der Waals surface area contributed by atoms with Crippen molar-refractivity contribution in [3.63, 3.8) is 0 Å². The van der Waals surface area contributed by atoms with E-state index in [0.717, 1.165) is 19.0 Å². The summed E-state index contributed by atoms with van der Waals surface area (Å²) in [6.07, 6.45) is -4.43. The molecule has 0 saturated carbocycles. The Balaban J connectivity index is 1.38. The first-order valence-electron chi connectivity index (χ1n) is 12.4. The molecule has 2 fully saturated rings. The molecule has 0 spiro atoms. The predicted molar refractivity (Wildman–Crippen MR) is 132 cm³/mol. The summed E-state index contributed by atoms with van der Waals surface area (Å²) in [5.41, 5.74) is -2.88. The SMILES string of the molecule is CC(C)(Oc1ncc(Cl)cc1C(F)(F)F)C(=O)N[C@H]1C[C@H]2CC[C@@H](C1)N2c1ccc(C(=O)NCC(F)(F)F)cn1. The number of pyridine rings is 2. The van der Waals surface area contributed by atoms with Crippen LogP contribution < -0.4 is 20.3 Å². The summed E-state index contributed by atoms with van der Waals surface area (Å²) in [5.74, 6) is -1.69. The highest BCUT2D eigenvalue weighted by molar-refractivity contribution is 6.30. The summed E-state index contributed by atoms with van der Waals surface area (Å²) >= 11 is 5.66. The maximum Gasteiger partial charge on any atom is 0.421 e. The number of halogens is 7. The number of aromatic nitrogens is 2. The van der Waals surface area contributed by atoms with Crippen LogP contribution >= 0.6 is 11.6 Å². The van der Waals surface area contributed by atoms with E-state index in [1.165, 1.54) is 26.1 Å². The second-order valence-electron chi connectivity index (χ2n) is 10.3. The highest BCUT2D eigenvalue weighted by atomic mass is 35.5. The molecule has 2 aliphatic heterocycles. The predicted octanol–water partition coefficient (Wildman–Crippen LogP) is 4.91. The molecule has 0 aliphatic carbocycles. The number of nitrogens with one attached hydrogen (secondary N) is 2. The maximum absolute atomic E-state index is 13.4. The van der Waals surface area contributed by atoms with Crippen molar-refractivity contribution in [3.05, 3.63) is 46.7 Å². The number of hydrogen-bond acceptors (Lipinski definition) is 6. The largest absolute Gasteiger partial charge is 0.461 e. The molecule has 4 heterocycles. The molecule has 2 aliphatic rings. The van der Waals surface area contributed by atoms with E-state index in [-0.39, 0.29) is 28.7 Å². The minimum absolute atomic E-state index is 0.00594. The lowest BCUT2D eigenvalue weighted by molar-refractivity contribution is -0.144. The molecule has 8 nitrogen and oxygen atoms in total. The standard InChI is InChI=1S/C25H26ClF6N5O3/c1-23(2,40-21-18(25(30,31)32)7-14(26)11-34-21)22(39)36-15-8-16-4-5-17(9-15)37(16)19-6-3-13(10-33-19)20(38)35-12-24(27,28)29/h3,6-7,10-11,15-17H,4-5,8-9,12H2,1-2H3,(H,35,38)(H,36,39)/t15-,16+,17-. The van der Waals surface area contributed by atoms with Gasteiger partial charge in [0.05, 0.1) is 10.6 Å². The quantitative estimate of drug-likeness (QED) is 0.443. The molecule has 2 saturated heterocycles. The summed E-state index contributed by atoms with van der Waals surface area (Å²) in [6.45, 7) is 1.25. The lowest BCUT2D eigenvalue weighted by atomic mass is 9.96. The monoisotopic (exact) mass is 593 g/mol. The van der Waals surface area contributed by atoms with E-state index in [4.69, 9.17) is 16.3 Å². The molecule has 0 unspecified atom stereocenters. The molecule has 2 bridgehead atoms. The van der Waals surface area contributed by atoms with Crippen LogP contribution in [0.4, 0.5) is 32.2 Å². The fourth-order valence-electron chi connectivity index (χ4n) is 4.98. The minimum Gasteiger partial charge on any atom is -0.461 e. The van der Waals surface area contributed by atoms with Crippen LogP contribution in [0, 0.1) is 0 Å². The zero-order valence-electron chi connectivity index (χ0n) is 21.4. The third-order valence-electron chi connectivity index (χ3n) is 6.81. The van der Waals surface area contributed by atoms with Gasteiger partial charge in [0.25, 0.3) is 11.8 Å². The number of ether oxygens (including phenoxy) is 1. The molecular weight excluding hydrogens is 568 g/mol. The van der Waals surface area contributed by atoms with E-state index in [1.807, 2.05) is 0 Å². The van der Waals surface area contributed by atoms with Crippen molar-refractivity contribution in [1.29, 1.82) is 0 Å². The van der Waals surface area contributed by atoms with Crippen molar-refractivity contribution >= 4 is 29.2 Å². The summed E-state index contributed by atoms with van der Waals surface area (Å²) in [6, 6.07) is 3.35. The average Bonchev–Trinajstić information content (AvgIpc) is 3.12. The topological polar surface area (TPSA) is 96.5 Å². The zero-order chi connectivity index (χ0) is 29.5. The van der Waals surface area contributed by atoms with Gasteiger partial charge in [0.15, 0.2) is 5.60 Å². The van der Waals surface area contributed by atoms with E-state index in [2.05, 4.69) is 20.2 Å². The summed E-state index contributed by atoms with van der Waals surface area (Å²) in [7, 11) is 0. The van der Waals surface area contributed by atoms with Crippen molar-refractivity contribution in [1.82, 2.24) is 20.6 Å². The third-order valence-corrected chi connectivity index (χ3v) is 7.02. The van der Waals surface area contributed by atoms with Gasteiger partial charge in [-0.15, -0.1) is 0 Å². The molecule has 2 N–H and O–H groups in total. The Hall–Kier alpha value is -3.29. The fourth-order valence-corrected chi connectivity index (χ4v) is 5.14. The van der Waals surface area contributed by atoms with E-state index in [1.54, 1.807) is 11.4 Å². The molecule has 2 aromatic heterocycles. The molecule has 15 heteroatoms. The highest BCUT2D eigenvalue weighted by Crippen LogP contribution is 2.40. The van der Waals surface area contributed by atoms with E-state index >= 15 is 0 Å². The van der Waals surface area contributed by atoms with Crippen LogP contribution in [0.3, 0.4) is 0 Å². The number of alkyl halides is 6. The van der Waals surface area contributed by atoms with Crippen molar-refractivity contribution in [2.75, 3.05) is 11.4 Å². The van der Waals surface area contributed by atoms with Gasteiger partial charge < -0.3 is 20.3 Å². The maximum atomic E-state index is 13.4. The van der Waals surface area contributed by atoms with Crippen molar-refractivity contribution < 1.29 is 40.7 Å². The molecule has 40 heavy (non-hydrogen) atoms. The van der Waals surface area contributed by atoms with Crippen LogP contribution in [0.15, 0.2) is 30.6 Å². The van der Waals surface area contributed by atoms with Crippen LogP contribution in [0.1, 0.15) is 55.5 Å². The van der Waals surface area contributed by atoms with Gasteiger partial charge in [-0.2, -0.15) is 26.3 Å². The number of fused-ring (bicyclic) bond motifs is 2. The number of amides is 2. The minimum atomic E-state index is -4.79. The smallest absolute Gasteiger partial charge is 0.421 e. The molecular formula is C25H26ClF6N5O3. The van der Waals surface area contributed by atoms with E-state index in [0.29, 0.717) is 24.7 Å². The first-order valence-corrected chi connectivity index (χ1v) is 12.7. The Bertz CT molecular complexity index is 1240. The third kappa shape index (κ3) is 6.88. The first kappa shape index (κ1) is 29.7. The van der Waals surface area contributed by atoms with Crippen LogP contribution in [0.25, 0.3) is 0 Å². The van der Waals surface area contributed by atoms with Crippen molar-refractivity contribution in [2.45, 2.75) is 75.6 Å². The number of piperidine rings is 1. The van der Waals surface area contributed by atoms with Gasteiger partial charge in [-0.1, -0.05) is 11.6 Å². The lowest BCUT2D eigenvalue weighted by Gasteiger charge is -2.40. The summed E-state index contributed by atoms with van der Waals surface area (Å²) < 4.78 is 82.8. The van der Waals surface area contributed by atoms with Crippen LogP contribution in [0.5, 0.6) is 5.88 Å². The number of hydrogen-bond donors (Lipinski definition) is 2. The van der Waals surface area contributed by atoms with Crippen molar-refractivity contribution in [2.24, 2.45) is 0 Å². The highest BCUT2D eigenvalue weighted by Gasteiger charge is 2.44. The molecule has 0 radical (unpaired) electrons. The van der Waals surface area contributed by atoms with Gasteiger partial charge in [0.2, 0.25) is 5.88 Å². The number of rotatable bonds is 7. The Kier molecular flexibility index (Phi) is 8.12. The Morgan fingerprint density at radius 2 is 1.70 bits per heavy atom.